The fourth-order valence-corrected chi connectivity index (χ4v) is 3.31. The number of nitrogens with zero attached hydrogens (tertiary/aromatic N) is 3. The molecule has 0 N–H and O–H groups in total. The van der Waals surface area contributed by atoms with Crippen LogP contribution in [-0.2, 0) is 17.8 Å². The molecule has 1 saturated carbocycles. The van der Waals surface area contributed by atoms with Gasteiger partial charge in [0.25, 0.3) is 0 Å². The number of allylic oxidation sites excluding steroid dienone is 2. The maximum Gasteiger partial charge on any atom is 0.226 e. The molecular formula is C15H21N3O2. The molecule has 1 amide bonds. The van der Waals surface area contributed by atoms with Gasteiger partial charge in [-0.3, -0.25) is 4.79 Å². The highest BCUT2D eigenvalue weighted by Crippen LogP contribution is 2.45. The average Bonchev–Trinajstić information content (AvgIpc) is 3.14. The Morgan fingerprint density at radius 1 is 1.45 bits per heavy atom. The molecule has 5 heteroatoms. The minimum absolute atomic E-state index is 0.179. The van der Waals surface area contributed by atoms with Gasteiger partial charge in [0.05, 0.1) is 6.54 Å². The molecule has 2 aliphatic carbocycles. The first kappa shape index (κ1) is 13.3. The van der Waals surface area contributed by atoms with Gasteiger partial charge >= 0.3 is 0 Å². The van der Waals surface area contributed by atoms with Crippen molar-refractivity contribution < 1.29 is 9.32 Å². The van der Waals surface area contributed by atoms with E-state index in [9.17, 15) is 4.79 Å². The number of carbonyl (C=O) groups is 1. The Kier molecular flexibility index (Phi) is 3.59. The van der Waals surface area contributed by atoms with E-state index < -0.39 is 0 Å². The van der Waals surface area contributed by atoms with Crippen LogP contribution in [-0.4, -0.2) is 28.0 Å². The van der Waals surface area contributed by atoms with E-state index in [1.807, 2.05) is 14.0 Å². The summed E-state index contributed by atoms with van der Waals surface area (Å²) in [6.45, 7) is 2.40. The van der Waals surface area contributed by atoms with Crippen LogP contribution in [0.4, 0.5) is 0 Å². The van der Waals surface area contributed by atoms with Gasteiger partial charge in [-0.1, -0.05) is 24.2 Å². The summed E-state index contributed by atoms with van der Waals surface area (Å²) >= 11 is 0. The van der Waals surface area contributed by atoms with Gasteiger partial charge in [-0.15, -0.1) is 0 Å². The Hall–Kier alpha value is -1.65. The molecule has 2 aliphatic rings. The predicted molar refractivity (Wildman–Crippen MR) is 73.6 cm³/mol. The average molecular weight is 275 g/mol. The van der Waals surface area contributed by atoms with E-state index in [1.54, 1.807) is 4.90 Å². The van der Waals surface area contributed by atoms with E-state index in [4.69, 9.17) is 4.52 Å². The van der Waals surface area contributed by atoms with Crippen molar-refractivity contribution in [3.8, 4) is 0 Å². The van der Waals surface area contributed by atoms with Crippen LogP contribution in [0.3, 0.4) is 0 Å². The van der Waals surface area contributed by atoms with Crippen LogP contribution in [0.5, 0.6) is 0 Å². The van der Waals surface area contributed by atoms with Gasteiger partial charge in [0.1, 0.15) is 0 Å². The molecule has 5 nitrogen and oxygen atoms in total. The van der Waals surface area contributed by atoms with Gasteiger partial charge in [-0.25, -0.2) is 0 Å². The highest BCUT2D eigenvalue weighted by atomic mass is 16.5. The third-order valence-electron chi connectivity index (χ3n) is 4.47. The molecule has 108 valence electrons. The van der Waals surface area contributed by atoms with E-state index in [2.05, 4.69) is 22.3 Å². The Labute approximate surface area is 119 Å². The SMILES string of the molecule is CCc1nc(CN(C)C(=O)CC2CC3C=CC2C3)no1. The van der Waals surface area contributed by atoms with Crippen molar-refractivity contribution >= 4 is 5.91 Å². The van der Waals surface area contributed by atoms with Gasteiger partial charge in [0.15, 0.2) is 5.82 Å². The van der Waals surface area contributed by atoms with Crippen molar-refractivity contribution in [2.75, 3.05) is 7.05 Å². The molecule has 3 unspecified atom stereocenters. The Morgan fingerprint density at radius 2 is 2.30 bits per heavy atom. The molecule has 3 atom stereocenters. The molecule has 0 aromatic carbocycles. The van der Waals surface area contributed by atoms with E-state index in [-0.39, 0.29) is 5.91 Å². The zero-order valence-electron chi connectivity index (χ0n) is 12.1. The third kappa shape index (κ3) is 2.62. The highest BCUT2D eigenvalue weighted by molar-refractivity contribution is 5.76. The summed E-state index contributed by atoms with van der Waals surface area (Å²) in [4.78, 5) is 18.2. The fourth-order valence-electron chi connectivity index (χ4n) is 3.31. The number of aromatic nitrogens is 2. The first-order valence-corrected chi connectivity index (χ1v) is 7.39. The smallest absolute Gasteiger partial charge is 0.226 e. The minimum Gasteiger partial charge on any atom is -0.339 e. The van der Waals surface area contributed by atoms with Gasteiger partial charge in [-0.05, 0) is 30.6 Å². The molecule has 0 radical (unpaired) electrons. The lowest BCUT2D eigenvalue weighted by Crippen LogP contribution is -2.29. The number of amides is 1. The monoisotopic (exact) mass is 275 g/mol. The molecule has 0 aliphatic heterocycles. The summed E-state index contributed by atoms with van der Waals surface area (Å²) in [5.74, 6) is 3.25. The van der Waals surface area contributed by atoms with Crippen LogP contribution in [0.1, 0.15) is 37.9 Å². The standard InChI is InChI=1S/C15H21N3O2/c1-3-14-16-13(17-20-14)9-18(2)15(19)8-12-7-10-4-5-11(12)6-10/h4-5,10-12H,3,6-9H2,1-2H3. The van der Waals surface area contributed by atoms with Crippen LogP contribution < -0.4 is 0 Å². The summed E-state index contributed by atoms with van der Waals surface area (Å²) in [5, 5.41) is 3.89. The van der Waals surface area contributed by atoms with Crippen LogP contribution >= 0.6 is 0 Å². The van der Waals surface area contributed by atoms with Gasteiger partial charge in [0, 0.05) is 19.9 Å². The fraction of sp³-hybridized carbons (Fsp3) is 0.667. The molecule has 20 heavy (non-hydrogen) atoms. The Morgan fingerprint density at radius 3 is 2.90 bits per heavy atom. The molecule has 1 fully saturated rings. The van der Waals surface area contributed by atoms with Crippen LogP contribution in [0.25, 0.3) is 0 Å². The van der Waals surface area contributed by atoms with Crippen LogP contribution in [0, 0.1) is 17.8 Å². The summed E-state index contributed by atoms with van der Waals surface area (Å²) in [6, 6.07) is 0. The minimum atomic E-state index is 0.179. The number of hydrogen-bond donors (Lipinski definition) is 0. The number of hydrogen-bond acceptors (Lipinski definition) is 4. The summed E-state index contributed by atoms with van der Waals surface area (Å²) in [5.41, 5.74) is 0. The second-order valence-electron chi connectivity index (χ2n) is 5.95. The Bertz CT molecular complexity index is 523. The molecule has 1 aromatic heterocycles. The van der Waals surface area contributed by atoms with E-state index >= 15 is 0 Å². The van der Waals surface area contributed by atoms with Crippen LogP contribution in [0.15, 0.2) is 16.7 Å². The first-order valence-electron chi connectivity index (χ1n) is 7.39. The highest BCUT2D eigenvalue weighted by Gasteiger charge is 2.36. The molecule has 1 heterocycles. The summed E-state index contributed by atoms with van der Waals surface area (Å²) < 4.78 is 5.06. The Balaban J connectivity index is 1.53. The van der Waals surface area contributed by atoms with Crippen molar-refractivity contribution in [3.05, 3.63) is 23.9 Å². The number of fused-ring (bicyclic) bond motifs is 2. The third-order valence-corrected chi connectivity index (χ3v) is 4.47. The zero-order chi connectivity index (χ0) is 14.1. The van der Waals surface area contributed by atoms with Gasteiger partial charge < -0.3 is 9.42 Å². The molecule has 3 rings (SSSR count). The summed E-state index contributed by atoms with van der Waals surface area (Å²) in [7, 11) is 1.81. The maximum atomic E-state index is 12.3. The van der Waals surface area contributed by atoms with Gasteiger partial charge in [0.2, 0.25) is 11.8 Å². The van der Waals surface area contributed by atoms with Gasteiger partial charge in [-0.2, -0.15) is 4.98 Å². The topological polar surface area (TPSA) is 59.2 Å². The van der Waals surface area contributed by atoms with E-state index in [1.165, 1.54) is 12.8 Å². The lowest BCUT2D eigenvalue weighted by molar-refractivity contribution is -0.131. The predicted octanol–water partition coefficient (Wildman–Crippen LogP) is 2.19. The second-order valence-corrected chi connectivity index (χ2v) is 5.95. The van der Waals surface area contributed by atoms with Crippen LogP contribution in [0.2, 0.25) is 0 Å². The maximum absolute atomic E-state index is 12.3. The number of carbonyl (C=O) groups excluding carboxylic acids is 1. The van der Waals surface area contributed by atoms with Crippen molar-refractivity contribution in [1.29, 1.82) is 0 Å². The molecular weight excluding hydrogens is 254 g/mol. The van der Waals surface area contributed by atoms with E-state index in [0.717, 1.165) is 6.42 Å². The van der Waals surface area contributed by atoms with E-state index in [0.29, 0.717) is 42.4 Å². The summed E-state index contributed by atoms with van der Waals surface area (Å²) in [6.07, 6.45) is 8.37. The quantitative estimate of drug-likeness (QED) is 0.773. The second kappa shape index (κ2) is 5.38. The molecule has 1 aromatic rings. The van der Waals surface area contributed by atoms with Crippen molar-refractivity contribution in [3.63, 3.8) is 0 Å². The molecule has 0 spiro atoms. The van der Waals surface area contributed by atoms with Crippen molar-refractivity contribution in [2.45, 2.75) is 39.2 Å². The van der Waals surface area contributed by atoms with Crippen molar-refractivity contribution in [2.24, 2.45) is 17.8 Å². The normalized spacial score (nSPS) is 27.2. The largest absolute Gasteiger partial charge is 0.339 e. The number of aryl methyl sites for hydroxylation is 1. The lowest BCUT2D eigenvalue weighted by atomic mass is 9.90. The van der Waals surface area contributed by atoms with Crippen molar-refractivity contribution in [1.82, 2.24) is 15.0 Å². The molecule has 0 saturated heterocycles. The molecule has 2 bridgehead atoms. The first-order chi connectivity index (χ1) is 9.65. The number of rotatable bonds is 5. The zero-order valence-corrected chi connectivity index (χ0v) is 12.1. The lowest BCUT2D eigenvalue weighted by Gasteiger charge is -2.21.